The van der Waals surface area contributed by atoms with Crippen LogP contribution in [0.2, 0.25) is 0 Å². The first-order chi connectivity index (χ1) is 7.70. The molecule has 0 bridgehead atoms. The van der Waals surface area contributed by atoms with E-state index in [1.165, 1.54) is 5.56 Å². The highest BCUT2D eigenvalue weighted by Gasteiger charge is 2.06. The Balaban J connectivity index is 2.31. The zero-order chi connectivity index (χ0) is 11.5. The lowest BCUT2D eigenvalue weighted by Gasteiger charge is -2.00. The van der Waals surface area contributed by atoms with Crippen LogP contribution >= 0.6 is 15.9 Å². The van der Waals surface area contributed by atoms with Gasteiger partial charge in [0.05, 0.1) is 0 Å². The van der Waals surface area contributed by atoms with Crippen LogP contribution in [0.1, 0.15) is 11.3 Å². The Hall–Kier alpha value is -1.13. The van der Waals surface area contributed by atoms with Crippen molar-refractivity contribution in [1.82, 2.24) is 5.16 Å². The van der Waals surface area contributed by atoms with E-state index in [-0.39, 0.29) is 0 Å². The lowest BCUT2D eigenvalue weighted by Crippen LogP contribution is -2.01. The minimum atomic E-state index is 0.577. The van der Waals surface area contributed by atoms with E-state index in [1.807, 2.05) is 18.2 Å². The van der Waals surface area contributed by atoms with Crippen molar-refractivity contribution in [2.24, 2.45) is 5.73 Å². The van der Waals surface area contributed by atoms with E-state index in [4.69, 9.17) is 10.3 Å². The summed E-state index contributed by atoms with van der Waals surface area (Å²) in [4.78, 5) is 0. The Labute approximate surface area is 103 Å². The van der Waals surface area contributed by atoms with Gasteiger partial charge in [-0.2, -0.15) is 0 Å². The molecule has 1 aromatic heterocycles. The summed E-state index contributed by atoms with van der Waals surface area (Å²) in [6.07, 6.45) is 0.725. The molecule has 0 aliphatic carbocycles. The normalized spacial score (nSPS) is 10.7. The van der Waals surface area contributed by atoms with Gasteiger partial charge >= 0.3 is 0 Å². The molecule has 16 heavy (non-hydrogen) atoms. The average molecular weight is 281 g/mol. The van der Waals surface area contributed by atoms with Crippen molar-refractivity contribution in [3.05, 3.63) is 40.1 Å². The summed E-state index contributed by atoms with van der Waals surface area (Å²) in [5.74, 6) is 0.832. The molecule has 2 N–H and O–H groups in total. The van der Waals surface area contributed by atoms with E-state index >= 15 is 0 Å². The molecule has 0 unspecified atom stereocenters. The van der Waals surface area contributed by atoms with E-state index in [9.17, 15) is 0 Å². The summed E-state index contributed by atoms with van der Waals surface area (Å²) in [6, 6.07) is 8.05. The van der Waals surface area contributed by atoms with Crippen LogP contribution in [0.3, 0.4) is 0 Å². The minimum Gasteiger partial charge on any atom is -0.361 e. The fourth-order valence-electron chi connectivity index (χ4n) is 1.51. The number of nitrogens with zero attached hydrogens (tertiary/aromatic N) is 1. The van der Waals surface area contributed by atoms with Crippen molar-refractivity contribution >= 4 is 15.9 Å². The van der Waals surface area contributed by atoms with Crippen molar-refractivity contribution < 1.29 is 4.52 Å². The smallest absolute Gasteiger partial charge is 0.138 e. The van der Waals surface area contributed by atoms with E-state index in [0.29, 0.717) is 6.54 Å². The second-order valence-corrected chi connectivity index (χ2v) is 4.54. The average Bonchev–Trinajstić information content (AvgIpc) is 2.71. The highest BCUT2D eigenvalue weighted by atomic mass is 79.9. The Morgan fingerprint density at radius 2 is 2.19 bits per heavy atom. The molecule has 4 heteroatoms. The molecule has 84 valence electrons. The molecular formula is C12H13BrN2O. The van der Waals surface area contributed by atoms with Crippen molar-refractivity contribution in [3.8, 4) is 11.3 Å². The molecule has 0 amide bonds. The summed E-state index contributed by atoms with van der Waals surface area (Å²) in [5, 5.41) is 4.03. The third kappa shape index (κ3) is 2.33. The number of halogens is 1. The van der Waals surface area contributed by atoms with Crippen LogP contribution in [-0.4, -0.2) is 11.7 Å². The standard InChI is InChI=1S/C12H13BrN2O/c1-8-6-9(2-3-11(8)13)12-7-10(4-5-14)16-15-12/h2-3,6-7H,4-5,14H2,1H3. The monoisotopic (exact) mass is 280 g/mol. The summed E-state index contributed by atoms with van der Waals surface area (Å²) in [5.41, 5.74) is 8.56. The summed E-state index contributed by atoms with van der Waals surface area (Å²) in [6.45, 7) is 2.63. The van der Waals surface area contributed by atoms with Crippen LogP contribution in [0.5, 0.6) is 0 Å². The van der Waals surface area contributed by atoms with Crippen molar-refractivity contribution in [1.29, 1.82) is 0 Å². The Bertz CT molecular complexity index is 494. The molecule has 0 fully saturated rings. The van der Waals surface area contributed by atoms with Gasteiger partial charge in [0.25, 0.3) is 0 Å². The number of rotatable bonds is 3. The van der Waals surface area contributed by atoms with Crippen molar-refractivity contribution in [2.45, 2.75) is 13.3 Å². The van der Waals surface area contributed by atoms with E-state index in [0.717, 1.165) is 27.9 Å². The van der Waals surface area contributed by atoms with Gasteiger partial charge in [-0.3, -0.25) is 0 Å². The Morgan fingerprint density at radius 1 is 1.38 bits per heavy atom. The number of hydrogen-bond acceptors (Lipinski definition) is 3. The van der Waals surface area contributed by atoms with Crippen LogP contribution in [0, 0.1) is 6.92 Å². The molecule has 0 aliphatic rings. The lowest BCUT2D eigenvalue weighted by atomic mass is 10.1. The molecular weight excluding hydrogens is 268 g/mol. The van der Waals surface area contributed by atoms with Gasteiger partial charge < -0.3 is 10.3 Å². The third-order valence-electron chi connectivity index (χ3n) is 2.40. The molecule has 1 heterocycles. The zero-order valence-electron chi connectivity index (χ0n) is 9.03. The van der Waals surface area contributed by atoms with Crippen LogP contribution in [-0.2, 0) is 6.42 Å². The Morgan fingerprint density at radius 3 is 2.88 bits per heavy atom. The van der Waals surface area contributed by atoms with Gasteiger partial charge in [-0.15, -0.1) is 0 Å². The molecule has 0 radical (unpaired) electrons. The predicted octanol–water partition coefficient (Wildman–Crippen LogP) is 2.91. The topological polar surface area (TPSA) is 52.0 Å². The molecule has 0 saturated heterocycles. The Kier molecular flexibility index (Phi) is 3.41. The molecule has 1 aromatic carbocycles. The predicted molar refractivity (Wildman–Crippen MR) is 67.1 cm³/mol. The third-order valence-corrected chi connectivity index (χ3v) is 3.29. The lowest BCUT2D eigenvalue weighted by molar-refractivity contribution is 0.386. The van der Waals surface area contributed by atoms with Crippen LogP contribution in [0.4, 0.5) is 0 Å². The minimum absolute atomic E-state index is 0.577. The first kappa shape index (κ1) is 11.4. The molecule has 0 spiro atoms. The van der Waals surface area contributed by atoms with Gasteiger partial charge in [0, 0.05) is 22.5 Å². The first-order valence-electron chi connectivity index (χ1n) is 5.13. The van der Waals surface area contributed by atoms with Gasteiger partial charge in [0.2, 0.25) is 0 Å². The number of aromatic nitrogens is 1. The molecule has 0 saturated carbocycles. The van der Waals surface area contributed by atoms with E-state index < -0.39 is 0 Å². The van der Waals surface area contributed by atoms with Crippen LogP contribution in [0.15, 0.2) is 33.3 Å². The SMILES string of the molecule is Cc1cc(-c2cc(CCN)on2)ccc1Br. The molecule has 0 atom stereocenters. The highest BCUT2D eigenvalue weighted by molar-refractivity contribution is 9.10. The van der Waals surface area contributed by atoms with E-state index in [1.54, 1.807) is 0 Å². The van der Waals surface area contributed by atoms with Crippen LogP contribution < -0.4 is 5.73 Å². The van der Waals surface area contributed by atoms with Gasteiger partial charge in [0.1, 0.15) is 11.5 Å². The molecule has 2 aromatic rings. The number of hydrogen-bond donors (Lipinski definition) is 1. The second kappa shape index (κ2) is 4.80. The largest absolute Gasteiger partial charge is 0.361 e. The number of nitrogens with two attached hydrogens (primary N) is 1. The fourth-order valence-corrected chi connectivity index (χ4v) is 1.76. The first-order valence-corrected chi connectivity index (χ1v) is 5.92. The van der Waals surface area contributed by atoms with Crippen LogP contribution in [0.25, 0.3) is 11.3 Å². The maximum Gasteiger partial charge on any atom is 0.138 e. The molecule has 0 aliphatic heterocycles. The maximum absolute atomic E-state index is 5.46. The molecule has 3 nitrogen and oxygen atoms in total. The zero-order valence-corrected chi connectivity index (χ0v) is 10.6. The van der Waals surface area contributed by atoms with Gasteiger partial charge in [-0.25, -0.2) is 0 Å². The van der Waals surface area contributed by atoms with E-state index in [2.05, 4.69) is 34.1 Å². The highest BCUT2D eigenvalue weighted by Crippen LogP contribution is 2.24. The van der Waals surface area contributed by atoms with Gasteiger partial charge in [-0.05, 0) is 31.2 Å². The van der Waals surface area contributed by atoms with Gasteiger partial charge in [-0.1, -0.05) is 27.2 Å². The quantitative estimate of drug-likeness (QED) is 0.941. The molecule has 2 rings (SSSR count). The summed E-state index contributed by atoms with van der Waals surface area (Å²) in [7, 11) is 0. The number of aryl methyl sites for hydroxylation is 1. The van der Waals surface area contributed by atoms with Crippen molar-refractivity contribution in [3.63, 3.8) is 0 Å². The fraction of sp³-hybridized carbons (Fsp3) is 0.250. The maximum atomic E-state index is 5.46. The summed E-state index contributed by atoms with van der Waals surface area (Å²) >= 11 is 3.47. The summed E-state index contributed by atoms with van der Waals surface area (Å²) < 4.78 is 6.29. The second-order valence-electron chi connectivity index (χ2n) is 3.68. The van der Waals surface area contributed by atoms with Crippen molar-refractivity contribution in [2.75, 3.05) is 6.54 Å². The van der Waals surface area contributed by atoms with Gasteiger partial charge in [0.15, 0.2) is 0 Å². The number of benzene rings is 1.